The topological polar surface area (TPSA) is 88.5 Å². The molecule has 1 aromatic carbocycles. The van der Waals surface area contributed by atoms with Crippen molar-refractivity contribution in [1.82, 2.24) is 8.87 Å². The molecule has 1 N–H and O–H groups in total. The molecule has 10 heteroatoms. The quantitative estimate of drug-likeness (QED) is 0.815. The van der Waals surface area contributed by atoms with Crippen LogP contribution < -0.4 is 10.9 Å². The molecule has 0 saturated carbocycles. The van der Waals surface area contributed by atoms with Crippen LogP contribution in [0.3, 0.4) is 0 Å². The van der Waals surface area contributed by atoms with Crippen LogP contribution in [-0.2, 0) is 21.4 Å². The standard InChI is InChI=1S/C18H19F2N3O4S/c19-15-6-4-13(10-16(15)20)21-17(24)12-22-11-14(5-7-18(22)25)28(26,27)23-8-2-1-3-9-23/h4-7,10-11H,1-3,8-9,12H2,(H,21,24). The number of hydrogen-bond donors (Lipinski definition) is 1. The summed E-state index contributed by atoms with van der Waals surface area (Å²) >= 11 is 0. The molecule has 0 atom stereocenters. The Labute approximate surface area is 160 Å². The molecular weight excluding hydrogens is 392 g/mol. The second kappa shape index (κ2) is 8.19. The van der Waals surface area contributed by atoms with E-state index < -0.39 is 39.7 Å². The molecule has 2 aromatic rings. The molecule has 1 aromatic heterocycles. The van der Waals surface area contributed by atoms with Gasteiger partial charge in [-0.15, -0.1) is 0 Å². The number of nitrogens with one attached hydrogen (secondary N) is 1. The van der Waals surface area contributed by atoms with Crippen LogP contribution >= 0.6 is 0 Å². The predicted octanol–water partition coefficient (Wildman–Crippen LogP) is 1.94. The first-order valence-electron chi connectivity index (χ1n) is 8.73. The maximum atomic E-state index is 13.2. The minimum atomic E-state index is -3.76. The van der Waals surface area contributed by atoms with Gasteiger partial charge in [-0.25, -0.2) is 17.2 Å². The van der Waals surface area contributed by atoms with E-state index in [1.807, 2.05) is 0 Å². The highest BCUT2D eigenvalue weighted by molar-refractivity contribution is 7.89. The van der Waals surface area contributed by atoms with Crippen molar-refractivity contribution in [3.63, 3.8) is 0 Å². The lowest BCUT2D eigenvalue weighted by Crippen LogP contribution is -2.36. The summed E-state index contributed by atoms with van der Waals surface area (Å²) in [5, 5.41) is 2.34. The van der Waals surface area contributed by atoms with Gasteiger partial charge in [0.2, 0.25) is 15.9 Å². The molecule has 0 bridgehead atoms. The average Bonchev–Trinajstić information content (AvgIpc) is 2.67. The summed E-state index contributed by atoms with van der Waals surface area (Å²) in [4.78, 5) is 24.1. The van der Waals surface area contributed by atoms with E-state index in [4.69, 9.17) is 0 Å². The van der Waals surface area contributed by atoms with Crippen molar-refractivity contribution < 1.29 is 22.0 Å². The van der Waals surface area contributed by atoms with Gasteiger partial charge in [0.1, 0.15) is 6.54 Å². The van der Waals surface area contributed by atoms with Crippen molar-refractivity contribution in [2.24, 2.45) is 0 Å². The van der Waals surface area contributed by atoms with Gasteiger partial charge in [-0.2, -0.15) is 4.31 Å². The Morgan fingerprint density at radius 3 is 2.43 bits per heavy atom. The van der Waals surface area contributed by atoms with Crippen LogP contribution in [0.15, 0.2) is 46.2 Å². The third-order valence-corrected chi connectivity index (χ3v) is 6.31. The van der Waals surface area contributed by atoms with E-state index in [0.29, 0.717) is 13.1 Å². The number of piperidine rings is 1. The van der Waals surface area contributed by atoms with Gasteiger partial charge < -0.3 is 9.88 Å². The lowest BCUT2D eigenvalue weighted by Gasteiger charge is -2.26. The minimum Gasteiger partial charge on any atom is -0.324 e. The van der Waals surface area contributed by atoms with Gasteiger partial charge in [-0.05, 0) is 31.0 Å². The zero-order valence-corrected chi connectivity index (χ0v) is 15.7. The highest BCUT2D eigenvalue weighted by Crippen LogP contribution is 2.19. The zero-order chi connectivity index (χ0) is 20.3. The Morgan fingerprint density at radius 2 is 1.75 bits per heavy atom. The number of sulfonamides is 1. The maximum Gasteiger partial charge on any atom is 0.251 e. The molecule has 2 heterocycles. The first-order valence-corrected chi connectivity index (χ1v) is 10.2. The van der Waals surface area contributed by atoms with Crippen molar-refractivity contribution in [2.75, 3.05) is 18.4 Å². The highest BCUT2D eigenvalue weighted by atomic mass is 32.2. The van der Waals surface area contributed by atoms with Gasteiger partial charge in [0.05, 0.1) is 4.90 Å². The minimum absolute atomic E-state index is 0.0223. The third kappa shape index (κ3) is 4.45. The largest absolute Gasteiger partial charge is 0.324 e. The molecule has 0 aliphatic carbocycles. The van der Waals surface area contributed by atoms with Gasteiger partial charge in [0, 0.05) is 37.1 Å². The molecule has 1 saturated heterocycles. The van der Waals surface area contributed by atoms with E-state index in [0.717, 1.165) is 48.2 Å². The number of hydrogen-bond acceptors (Lipinski definition) is 4. The summed E-state index contributed by atoms with van der Waals surface area (Å²) in [5.74, 6) is -2.85. The molecule has 0 unspecified atom stereocenters. The van der Waals surface area contributed by atoms with Gasteiger partial charge in [-0.1, -0.05) is 6.42 Å². The van der Waals surface area contributed by atoms with Crippen LogP contribution in [0.25, 0.3) is 0 Å². The Morgan fingerprint density at radius 1 is 1.04 bits per heavy atom. The molecule has 3 rings (SSSR count). The summed E-state index contributed by atoms with van der Waals surface area (Å²) in [5.41, 5.74) is -0.535. The Balaban J connectivity index is 1.78. The van der Waals surface area contributed by atoms with Gasteiger partial charge in [-0.3, -0.25) is 9.59 Å². The van der Waals surface area contributed by atoms with E-state index in [2.05, 4.69) is 5.32 Å². The molecule has 0 radical (unpaired) electrons. The maximum absolute atomic E-state index is 13.2. The van der Waals surface area contributed by atoms with E-state index in [-0.39, 0.29) is 10.6 Å². The lowest BCUT2D eigenvalue weighted by molar-refractivity contribution is -0.116. The highest BCUT2D eigenvalue weighted by Gasteiger charge is 2.26. The normalized spacial score (nSPS) is 15.4. The van der Waals surface area contributed by atoms with Gasteiger partial charge >= 0.3 is 0 Å². The molecule has 7 nitrogen and oxygen atoms in total. The number of benzene rings is 1. The molecular formula is C18H19F2N3O4S. The number of rotatable bonds is 5. The van der Waals surface area contributed by atoms with Crippen molar-refractivity contribution in [3.05, 3.63) is 58.5 Å². The summed E-state index contributed by atoms with van der Waals surface area (Å²) in [6, 6.07) is 5.16. The molecule has 1 aliphatic rings. The van der Waals surface area contributed by atoms with E-state index >= 15 is 0 Å². The fourth-order valence-corrected chi connectivity index (χ4v) is 4.51. The fourth-order valence-electron chi connectivity index (χ4n) is 2.97. The average molecular weight is 411 g/mol. The molecule has 0 spiro atoms. The first-order chi connectivity index (χ1) is 13.3. The molecule has 1 amide bonds. The fraction of sp³-hybridized carbons (Fsp3) is 0.333. The Bertz CT molecular complexity index is 1050. The van der Waals surface area contributed by atoms with Crippen LogP contribution in [-0.4, -0.2) is 36.3 Å². The monoisotopic (exact) mass is 411 g/mol. The van der Waals surface area contributed by atoms with E-state index in [1.54, 1.807) is 0 Å². The Hall–Kier alpha value is -2.59. The van der Waals surface area contributed by atoms with Crippen molar-refractivity contribution in [2.45, 2.75) is 30.7 Å². The van der Waals surface area contributed by atoms with E-state index in [1.165, 1.54) is 16.4 Å². The number of nitrogens with zero attached hydrogens (tertiary/aromatic N) is 2. The SMILES string of the molecule is O=C(Cn1cc(S(=O)(=O)N2CCCCC2)ccc1=O)Nc1ccc(F)c(F)c1. The van der Waals surface area contributed by atoms with Gasteiger partial charge in [0.15, 0.2) is 11.6 Å². The van der Waals surface area contributed by atoms with Crippen LogP contribution in [0.5, 0.6) is 0 Å². The third-order valence-electron chi connectivity index (χ3n) is 4.43. The molecule has 1 aliphatic heterocycles. The number of halogens is 2. The Kier molecular flexibility index (Phi) is 5.90. The zero-order valence-electron chi connectivity index (χ0n) is 14.9. The number of carbonyl (C=O) groups is 1. The van der Waals surface area contributed by atoms with Crippen LogP contribution in [0.2, 0.25) is 0 Å². The second-order valence-corrected chi connectivity index (χ2v) is 8.41. The van der Waals surface area contributed by atoms with Gasteiger partial charge in [0.25, 0.3) is 5.56 Å². The lowest BCUT2D eigenvalue weighted by atomic mass is 10.2. The number of aromatic nitrogens is 1. The summed E-state index contributed by atoms with van der Waals surface area (Å²) in [7, 11) is -3.76. The van der Waals surface area contributed by atoms with Crippen LogP contribution in [0.4, 0.5) is 14.5 Å². The van der Waals surface area contributed by atoms with Crippen molar-refractivity contribution in [1.29, 1.82) is 0 Å². The number of pyridine rings is 1. The molecule has 150 valence electrons. The van der Waals surface area contributed by atoms with Crippen molar-refractivity contribution >= 4 is 21.6 Å². The van der Waals surface area contributed by atoms with Crippen LogP contribution in [0, 0.1) is 11.6 Å². The summed E-state index contributed by atoms with van der Waals surface area (Å²) < 4.78 is 54.0. The summed E-state index contributed by atoms with van der Waals surface area (Å²) in [6.07, 6.45) is 3.64. The number of amides is 1. The van der Waals surface area contributed by atoms with E-state index in [9.17, 15) is 26.8 Å². The summed E-state index contributed by atoms with van der Waals surface area (Å²) in [6.45, 7) is 0.358. The second-order valence-electron chi connectivity index (χ2n) is 6.47. The van der Waals surface area contributed by atoms with Crippen LogP contribution in [0.1, 0.15) is 19.3 Å². The number of carbonyl (C=O) groups excluding carboxylic acids is 1. The number of anilines is 1. The smallest absolute Gasteiger partial charge is 0.251 e. The molecule has 28 heavy (non-hydrogen) atoms. The molecule has 1 fully saturated rings. The van der Waals surface area contributed by atoms with Crippen molar-refractivity contribution in [3.8, 4) is 0 Å². The first kappa shape index (κ1) is 20.2. The predicted molar refractivity (Wildman–Crippen MR) is 98.3 cm³/mol.